The molecule has 0 unspecified atom stereocenters. The van der Waals surface area contributed by atoms with Crippen molar-refractivity contribution in [1.29, 1.82) is 0 Å². The molecule has 1 rings (SSSR count). The van der Waals surface area contributed by atoms with E-state index in [1.54, 1.807) is 0 Å². The van der Waals surface area contributed by atoms with Gasteiger partial charge in [-0.05, 0) is 23.1 Å². The highest BCUT2D eigenvalue weighted by Crippen LogP contribution is 2.31. The highest BCUT2D eigenvalue weighted by molar-refractivity contribution is 5.55. The zero-order valence-electron chi connectivity index (χ0n) is 8.06. The third-order valence-corrected chi connectivity index (χ3v) is 1.89. The van der Waals surface area contributed by atoms with Gasteiger partial charge in [0.05, 0.1) is 6.57 Å². The van der Waals surface area contributed by atoms with E-state index in [4.69, 9.17) is 6.57 Å². The van der Waals surface area contributed by atoms with E-state index >= 15 is 0 Å². The van der Waals surface area contributed by atoms with Crippen molar-refractivity contribution in [3.05, 3.63) is 41.0 Å². The topological polar surface area (TPSA) is 4.36 Å². The lowest BCUT2D eigenvalue weighted by atomic mass is 9.86. The first-order chi connectivity index (χ1) is 5.95. The summed E-state index contributed by atoms with van der Waals surface area (Å²) in [5.74, 6) is -0.280. The molecule has 13 heavy (non-hydrogen) atoms. The Labute approximate surface area is 78.0 Å². The van der Waals surface area contributed by atoms with Crippen LogP contribution in [0.25, 0.3) is 4.85 Å². The fraction of sp³-hybridized carbons (Fsp3) is 0.364. The Morgan fingerprint density at radius 2 is 1.92 bits per heavy atom. The zero-order valence-corrected chi connectivity index (χ0v) is 8.06. The first-order valence-corrected chi connectivity index (χ1v) is 4.12. The number of benzene rings is 1. The van der Waals surface area contributed by atoms with Gasteiger partial charge < -0.3 is 0 Å². The van der Waals surface area contributed by atoms with Gasteiger partial charge in [0.2, 0.25) is 0 Å². The predicted molar refractivity (Wildman–Crippen MR) is 51.4 cm³/mol. The number of hydrogen-bond acceptors (Lipinski definition) is 0. The minimum atomic E-state index is -0.280. The fourth-order valence-corrected chi connectivity index (χ4v) is 1.21. The molecule has 0 N–H and O–H groups in total. The molecule has 0 aliphatic carbocycles. The monoisotopic (exact) mass is 177 g/mol. The van der Waals surface area contributed by atoms with Crippen LogP contribution in [0.5, 0.6) is 0 Å². The van der Waals surface area contributed by atoms with Crippen molar-refractivity contribution >= 4 is 5.69 Å². The number of nitrogens with zero attached hydrogens (tertiary/aromatic N) is 1. The van der Waals surface area contributed by atoms with Crippen LogP contribution < -0.4 is 0 Å². The second-order valence-electron chi connectivity index (χ2n) is 4.02. The molecule has 1 aromatic rings. The van der Waals surface area contributed by atoms with E-state index in [1.807, 2.05) is 20.8 Å². The van der Waals surface area contributed by atoms with Crippen LogP contribution in [-0.4, -0.2) is 0 Å². The largest absolute Gasteiger partial charge is 0.238 e. The highest BCUT2D eigenvalue weighted by Gasteiger charge is 2.18. The molecule has 0 spiro atoms. The van der Waals surface area contributed by atoms with Crippen LogP contribution in [0.15, 0.2) is 18.2 Å². The molecule has 0 aromatic heterocycles. The van der Waals surface area contributed by atoms with Gasteiger partial charge in [-0.15, -0.1) is 0 Å². The summed E-state index contributed by atoms with van der Waals surface area (Å²) in [6.45, 7) is 12.8. The van der Waals surface area contributed by atoms with Crippen molar-refractivity contribution in [3.63, 3.8) is 0 Å². The molecule has 0 radical (unpaired) electrons. The molecule has 1 nitrogen and oxygen atoms in total. The van der Waals surface area contributed by atoms with E-state index in [0.717, 1.165) is 5.56 Å². The van der Waals surface area contributed by atoms with Crippen molar-refractivity contribution in [2.75, 3.05) is 0 Å². The van der Waals surface area contributed by atoms with Gasteiger partial charge in [0.25, 0.3) is 0 Å². The predicted octanol–water partition coefficient (Wildman–Crippen LogP) is 3.67. The summed E-state index contributed by atoms with van der Waals surface area (Å²) >= 11 is 0. The summed E-state index contributed by atoms with van der Waals surface area (Å²) in [5, 5.41) is 0. The Kier molecular flexibility index (Phi) is 2.38. The molecule has 0 amide bonds. The Bertz CT molecular complexity index is 355. The van der Waals surface area contributed by atoms with E-state index in [1.165, 1.54) is 18.2 Å². The molecule has 0 atom stereocenters. The summed E-state index contributed by atoms with van der Waals surface area (Å²) in [6.07, 6.45) is 0. The first kappa shape index (κ1) is 9.73. The summed E-state index contributed by atoms with van der Waals surface area (Å²) in [4.78, 5) is 3.36. The lowest BCUT2D eigenvalue weighted by molar-refractivity contribution is 0.575. The smallest absolute Gasteiger partial charge is 0.191 e. The molecule has 0 aliphatic heterocycles. The van der Waals surface area contributed by atoms with Gasteiger partial charge >= 0.3 is 0 Å². The van der Waals surface area contributed by atoms with E-state index < -0.39 is 0 Å². The minimum absolute atomic E-state index is 0.179. The maximum Gasteiger partial charge on any atom is 0.191 e. The van der Waals surface area contributed by atoms with E-state index in [2.05, 4.69) is 4.85 Å². The molecule has 0 saturated heterocycles. The number of halogens is 1. The van der Waals surface area contributed by atoms with Crippen LogP contribution in [0.3, 0.4) is 0 Å². The van der Waals surface area contributed by atoms with Gasteiger partial charge in [-0.1, -0.05) is 26.8 Å². The van der Waals surface area contributed by atoms with Crippen LogP contribution in [0, 0.1) is 12.4 Å². The normalized spacial score (nSPS) is 11.0. The molecular formula is C11H12FN. The fourth-order valence-electron chi connectivity index (χ4n) is 1.21. The maximum atomic E-state index is 12.9. The Morgan fingerprint density at radius 1 is 1.31 bits per heavy atom. The lowest BCUT2D eigenvalue weighted by Gasteiger charge is -2.20. The van der Waals surface area contributed by atoms with E-state index in [-0.39, 0.29) is 11.2 Å². The lowest BCUT2D eigenvalue weighted by Crippen LogP contribution is -2.11. The average molecular weight is 177 g/mol. The molecule has 1 aromatic carbocycles. The van der Waals surface area contributed by atoms with Crippen molar-refractivity contribution in [1.82, 2.24) is 0 Å². The quantitative estimate of drug-likeness (QED) is 0.532. The van der Waals surface area contributed by atoms with Crippen molar-refractivity contribution in [2.24, 2.45) is 0 Å². The van der Waals surface area contributed by atoms with Gasteiger partial charge in [0.1, 0.15) is 5.82 Å². The summed E-state index contributed by atoms with van der Waals surface area (Å²) < 4.78 is 12.9. The molecule has 0 fully saturated rings. The molecule has 0 saturated carbocycles. The van der Waals surface area contributed by atoms with Crippen molar-refractivity contribution in [3.8, 4) is 0 Å². The van der Waals surface area contributed by atoms with E-state index in [9.17, 15) is 4.39 Å². The minimum Gasteiger partial charge on any atom is -0.238 e. The van der Waals surface area contributed by atoms with Gasteiger partial charge in [-0.3, -0.25) is 0 Å². The van der Waals surface area contributed by atoms with Crippen molar-refractivity contribution < 1.29 is 4.39 Å². The third kappa shape index (κ3) is 2.06. The summed E-state index contributed by atoms with van der Waals surface area (Å²) in [7, 11) is 0. The van der Waals surface area contributed by atoms with Crippen LogP contribution in [0.2, 0.25) is 0 Å². The van der Waals surface area contributed by atoms with Crippen molar-refractivity contribution in [2.45, 2.75) is 26.2 Å². The van der Waals surface area contributed by atoms with E-state index in [0.29, 0.717) is 5.69 Å². The summed E-state index contributed by atoms with van der Waals surface area (Å²) in [6, 6.07) is 4.29. The molecule has 2 heteroatoms. The zero-order chi connectivity index (χ0) is 10.1. The average Bonchev–Trinajstić information content (AvgIpc) is 2.03. The second kappa shape index (κ2) is 3.18. The number of rotatable bonds is 0. The molecule has 0 bridgehead atoms. The van der Waals surface area contributed by atoms with Crippen LogP contribution in [-0.2, 0) is 5.41 Å². The highest BCUT2D eigenvalue weighted by atomic mass is 19.1. The third-order valence-electron chi connectivity index (χ3n) is 1.89. The second-order valence-corrected chi connectivity index (χ2v) is 4.02. The molecule has 0 heterocycles. The molecule has 0 aliphatic rings. The standard InChI is InChI=1S/C11H12FN/c1-11(2,3)9-7-8(12)5-6-10(9)13-4/h5-7H,1-3H3. The van der Waals surface area contributed by atoms with Crippen LogP contribution in [0.4, 0.5) is 10.1 Å². The van der Waals surface area contributed by atoms with Gasteiger partial charge in [0, 0.05) is 0 Å². The number of hydrogen-bond donors (Lipinski definition) is 0. The molecular weight excluding hydrogens is 165 g/mol. The van der Waals surface area contributed by atoms with Gasteiger partial charge in [-0.2, -0.15) is 0 Å². The maximum absolute atomic E-state index is 12.9. The van der Waals surface area contributed by atoms with Crippen LogP contribution >= 0.6 is 0 Å². The molecule has 68 valence electrons. The Hall–Kier alpha value is -1.36. The first-order valence-electron chi connectivity index (χ1n) is 4.12. The SMILES string of the molecule is [C-]#[N+]c1ccc(F)cc1C(C)(C)C. The Morgan fingerprint density at radius 3 is 2.38 bits per heavy atom. The van der Waals surface area contributed by atoms with Gasteiger partial charge in [0.15, 0.2) is 5.69 Å². The van der Waals surface area contributed by atoms with Crippen LogP contribution in [0.1, 0.15) is 26.3 Å². The Balaban J connectivity index is 3.35. The summed E-state index contributed by atoms with van der Waals surface area (Å²) in [5.41, 5.74) is 1.12. The van der Waals surface area contributed by atoms with Gasteiger partial charge in [-0.25, -0.2) is 9.24 Å².